The Hall–Kier alpha value is -3.70. The van der Waals surface area contributed by atoms with Crippen LogP contribution in [0, 0.1) is 11.7 Å². The number of hydrogen-bond acceptors (Lipinski definition) is 5. The van der Waals surface area contributed by atoms with E-state index in [9.17, 15) is 18.8 Å². The summed E-state index contributed by atoms with van der Waals surface area (Å²) in [4.78, 5) is 48.0. The Bertz CT molecular complexity index is 1560. The number of amides is 3. The maximum absolute atomic E-state index is 14.9. The molecule has 1 aromatic heterocycles. The minimum Gasteiger partial charge on any atom is -0.453 e. The van der Waals surface area contributed by atoms with Crippen molar-refractivity contribution in [3.05, 3.63) is 69.2 Å². The van der Waals surface area contributed by atoms with Crippen molar-refractivity contribution in [2.24, 2.45) is 5.92 Å². The van der Waals surface area contributed by atoms with Gasteiger partial charge in [0.15, 0.2) is 0 Å². The lowest BCUT2D eigenvalue weighted by Crippen LogP contribution is -2.37. The molecule has 0 aliphatic carbocycles. The predicted molar refractivity (Wildman–Crippen MR) is 158 cm³/mol. The summed E-state index contributed by atoms with van der Waals surface area (Å²) in [7, 11) is 1.27. The van der Waals surface area contributed by atoms with E-state index in [4.69, 9.17) is 11.6 Å². The number of imidazole rings is 1. The number of H-pyrrole nitrogens is 1. The van der Waals surface area contributed by atoms with Gasteiger partial charge in [-0.3, -0.25) is 14.9 Å². The fourth-order valence-corrected chi connectivity index (χ4v) is 5.93. The largest absolute Gasteiger partial charge is 0.453 e. The number of anilines is 2. The van der Waals surface area contributed by atoms with Gasteiger partial charge in [0.25, 0.3) is 0 Å². The molecular formula is C29H28BrClFN5O4. The maximum atomic E-state index is 14.9. The van der Waals surface area contributed by atoms with Crippen molar-refractivity contribution < 1.29 is 23.5 Å². The van der Waals surface area contributed by atoms with E-state index in [2.05, 4.69) is 41.3 Å². The van der Waals surface area contributed by atoms with Crippen molar-refractivity contribution in [1.29, 1.82) is 0 Å². The smallest absolute Gasteiger partial charge is 0.411 e. The molecule has 214 valence electrons. The number of aromatic amines is 1. The topological polar surface area (TPSA) is 116 Å². The number of nitrogens with one attached hydrogen (secondary N) is 3. The van der Waals surface area contributed by atoms with Crippen LogP contribution in [0.4, 0.5) is 20.6 Å². The number of carbonyl (C=O) groups excluding carboxylic acids is 3. The van der Waals surface area contributed by atoms with Gasteiger partial charge in [0.1, 0.15) is 11.6 Å². The Labute approximate surface area is 249 Å². The first-order chi connectivity index (χ1) is 19.7. The van der Waals surface area contributed by atoms with Crippen LogP contribution >= 0.6 is 27.5 Å². The maximum Gasteiger partial charge on any atom is 0.411 e. The first-order valence-corrected chi connectivity index (χ1v) is 14.3. The molecular weight excluding hydrogens is 617 g/mol. The van der Waals surface area contributed by atoms with Crippen LogP contribution in [0.15, 0.2) is 47.1 Å². The molecule has 12 heteroatoms. The molecule has 3 amide bonds. The minimum absolute atomic E-state index is 0.00470. The average Bonchev–Trinajstić information content (AvgIpc) is 3.43. The third kappa shape index (κ3) is 6.01. The van der Waals surface area contributed by atoms with Crippen molar-refractivity contribution in [3.8, 4) is 11.4 Å². The van der Waals surface area contributed by atoms with Crippen LogP contribution in [-0.2, 0) is 14.3 Å². The second-order valence-electron chi connectivity index (χ2n) is 10.1. The number of fused-ring (bicyclic) bond motifs is 4. The number of rotatable bonds is 3. The summed E-state index contributed by atoms with van der Waals surface area (Å²) >= 11 is 9.41. The predicted octanol–water partition coefficient (Wildman–Crippen LogP) is 6.93. The second-order valence-corrected chi connectivity index (χ2v) is 11.3. The van der Waals surface area contributed by atoms with Crippen LogP contribution in [0.1, 0.15) is 49.9 Å². The van der Waals surface area contributed by atoms with E-state index < -0.39 is 11.9 Å². The number of carbonyl (C=O) groups is 3. The van der Waals surface area contributed by atoms with Gasteiger partial charge in [0.2, 0.25) is 11.8 Å². The molecule has 2 aromatic carbocycles. The molecule has 0 saturated heterocycles. The first-order valence-electron chi connectivity index (χ1n) is 13.2. The van der Waals surface area contributed by atoms with E-state index in [1.165, 1.54) is 19.3 Å². The van der Waals surface area contributed by atoms with Gasteiger partial charge in [0.05, 0.1) is 35.8 Å². The molecule has 0 radical (unpaired) electrons. The number of hydrogen-bond donors (Lipinski definition) is 3. The molecule has 0 saturated carbocycles. The van der Waals surface area contributed by atoms with Crippen molar-refractivity contribution in [1.82, 2.24) is 14.9 Å². The zero-order chi connectivity index (χ0) is 29.3. The number of benzene rings is 2. The van der Waals surface area contributed by atoms with E-state index in [0.29, 0.717) is 70.6 Å². The third-order valence-electron chi connectivity index (χ3n) is 7.43. The van der Waals surface area contributed by atoms with Crippen LogP contribution in [0.3, 0.4) is 0 Å². The summed E-state index contributed by atoms with van der Waals surface area (Å²) in [5, 5.41) is 5.57. The van der Waals surface area contributed by atoms with Crippen LogP contribution in [-0.4, -0.2) is 46.4 Å². The van der Waals surface area contributed by atoms with Crippen LogP contribution in [0.5, 0.6) is 0 Å². The first kappa shape index (κ1) is 28.8. The molecule has 9 nitrogen and oxygen atoms in total. The molecule has 2 atom stereocenters. The Kier molecular flexibility index (Phi) is 8.46. The highest BCUT2D eigenvalue weighted by molar-refractivity contribution is 9.10. The fourth-order valence-electron chi connectivity index (χ4n) is 5.21. The lowest BCUT2D eigenvalue weighted by Gasteiger charge is -2.34. The summed E-state index contributed by atoms with van der Waals surface area (Å²) in [6.45, 7) is 2.23. The van der Waals surface area contributed by atoms with Crippen LogP contribution in [0.25, 0.3) is 17.0 Å². The van der Waals surface area contributed by atoms with E-state index in [0.717, 1.165) is 5.69 Å². The molecule has 3 heterocycles. The Balaban J connectivity index is 1.49. The zero-order valence-corrected chi connectivity index (χ0v) is 24.7. The lowest BCUT2D eigenvalue weighted by molar-refractivity contribution is -0.129. The van der Waals surface area contributed by atoms with Crippen molar-refractivity contribution in [3.63, 3.8) is 0 Å². The van der Waals surface area contributed by atoms with Crippen molar-refractivity contribution in [2.45, 2.75) is 38.6 Å². The number of ether oxygens (including phenoxy) is 1. The summed E-state index contributed by atoms with van der Waals surface area (Å²) in [5.41, 5.74) is 3.18. The normalized spacial score (nSPS) is 19.3. The number of halogens is 3. The van der Waals surface area contributed by atoms with Gasteiger partial charge in [-0.2, -0.15) is 0 Å². The number of nitrogens with zero attached hydrogens (tertiary/aromatic N) is 2. The van der Waals surface area contributed by atoms with E-state index in [1.807, 2.05) is 6.92 Å². The molecule has 3 N–H and O–H groups in total. The van der Waals surface area contributed by atoms with E-state index >= 15 is 0 Å². The second kappa shape index (κ2) is 12.0. The Morgan fingerprint density at radius 3 is 2.80 bits per heavy atom. The van der Waals surface area contributed by atoms with Gasteiger partial charge in [-0.15, -0.1) is 0 Å². The summed E-state index contributed by atoms with van der Waals surface area (Å²) in [6.07, 6.45) is 4.87. The highest BCUT2D eigenvalue weighted by Gasteiger charge is 2.31. The van der Waals surface area contributed by atoms with E-state index in [-0.39, 0.29) is 28.8 Å². The molecule has 3 aromatic rings. The summed E-state index contributed by atoms with van der Waals surface area (Å²) in [5.74, 6) is -0.762. The van der Waals surface area contributed by atoms with Crippen LogP contribution in [0.2, 0.25) is 5.02 Å². The molecule has 2 aliphatic rings. The Morgan fingerprint density at radius 1 is 1.24 bits per heavy atom. The highest BCUT2D eigenvalue weighted by atomic mass is 79.9. The molecule has 0 spiro atoms. The number of aromatic nitrogens is 2. The quantitative estimate of drug-likeness (QED) is 0.268. The van der Waals surface area contributed by atoms with Crippen molar-refractivity contribution in [2.75, 3.05) is 24.3 Å². The van der Waals surface area contributed by atoms with Gasteiger partial charge in [-0.05, 0) is 55.2 Å². The average molecular weight is 645 g/mol. The Morgan fingerprint density at radius 2 is 2.05 bits per heavy atom. The van der Waals surface area contributed by atoms with Crippen molar-refractivity contribution >= 4 is 62.4 Å². The molecule has 0 fully saturated rings. The van der Waals surface area contributed by atoms with Gasteiger partial charge < -0.3 is 19.9 Å². The monoisotopic (exact) mass is 643 g/mol. The van der Waals surface area contributed by atoms with E-state index in [1.54, 1.807) is 35.4 Å². The summed E-state index contributed by atoms with van der Waals surface area (Å²) < 4.78 is 20.1. The summed E-state index contributed by atoms with van der Waals surface area (Å²) in [6, 6.07) is 7.89. The highest BCUT2D eigenvalue weighted by Crippen LogP contribution is 2.38. The molecule has 1 unspecified atom stereocenters. The standard InChI is InChI=1S/C29H28BrClFN5O4/c1-15-4-3-5-23(37-11-10-16(12-24(37)38)25-19(30)8-9-20(31)26(25)32)22-14-33-27(35-22)18-7-6-17(34-29(40)41-2)13-21(18)36-28(15)39/h6-9,12-15,23H,3-5,10-11H2,1-2H3,(H,33,35)(H,34,40)(H,36,39)/t15?,23-/m0/s1. The minimum atomic E-state index is -0.630. The van der Waals surface area contributed by atoms with Gasteiger partial charge in [0, 0.05) is 39.8 Å². The molecule has 2 bridgehead atoms. The SMILES string of the molecule is COC(=O)Nc1ccc2c(c1)NC(=O)C(C)CCC[C@H](N1CCC(c3c(Br)ccc(Cl)c3F)=CC1=O)c1cnc-2[nH]1. The molecule has 2 aliphatic heterocycles. The zero-order valence-electron chi connectivity index (χ0n) is 22.4. The fraction of sp³-hybridized carbons (Fsp3) is 0.310. The molecule has 5 rings (SSSR count). The van der Waals surface area contributed by atoms with Gasteiger partial charge in [-0.1, -0.05) is 40.9 Å². The number of methoxy groups -OCH3 is 1. The lowest BCUT2D eigenvalue weighted by atomic mass is 9.94. The molecule has 41 heavy (non-hydrogen) atoms. The third-order valence-corrected chi connectivity index (χ3v) is 8.38. The van der Waals surface area contributed by atoms with Crippen LogP contribution < -0.4 is 10.6 Å². The van der Waals surface area contributed by atoms with Gasteiger partial charge >= 0.3 is 6.09 Å². The van der Waals surface area contributed by atoms with Gasteiger partial charge in [-0.25, -0.2) is 14.2 Å².